The van der Waals surface area contributed by atoms with Crippen molar-refractivity contribution in [1.29, 1.82) is 0 Å². The zero-order chi connectivity index (χ0) is 11.5. The Hall–Kier alpha value is -1.14. The van der Waals surface area contributed by atoms with Crippen LogP contribution in [0.1, 0.15) is 12.2 Å². The summed E-state index contributed by atoms with van der Waals surface area (Å²) in [6.07, 6.45) is 5.80. The zero-order valence-electron chi connectivity index (χ0n) is 8.63. The monoisotopic (exact) mass is 231 g/mol. The Labute approximate surface area is 89.4 Å². The normalized spacial score (nSPS) is 11.6. The summed E-state index contributed by atoms with van der Waals surface area (Å²) in [5, 5.41) is 0. The van der Waals surface area contributed by atoms with Gasteiger partial charge in [0.05, 0.1) is 19.3 Å². The highest BCUT2D eigenvalue weighted by Gasteiger charge is 2.11. The van der Waals surface area contributed by atoms with Gasteiger partial charge < -0.3 is 0 Å². The summed E-state index contributed by atoms with van der Waals surface area (Å²) >= 11 is 0. The van der Waals surface area contributed by atoms with Crippen LogP contribution in [-0.2, 0) is 23.7 Å². The lowest BCUT2D eigenvalue weighted by molar-refractivity contribution is -0.672. The van der Waals surface area contributed by atoms with Crippen molar-refractivity contribution in [3.05, 3.63) is 24.8 Å². The van der Waals surface area contributed by atoms with Gasteiger partial charge in [-0.05, 0) is 0 Å². The van der Waals surface area contributed by atoms with Crippen LogP contribution in [-0.4, -0.2) is 23.3 Å². The van der Waals surface area contributed by atoms with E-state index in [1.807, 2.05) is 28.6 Å². The summed E-state index contributed by atoms with van der Waals surface area (Å²) in [4.78, 5) is 0. The average molecular weight is 231 g/mol. The molecule has 1 rings (SSSR count). The third kappa shape index (κ3) is 3.49. The first-order valence-electron chi connectivity index (χ1n) is 4.56. The van der Waals surface area contributed by atoms with Crippen LogP contribution in [0, 0.1) is 0 Å². The molecule has 0 radical (unpaired) electrons. The van der Waals surface area contributed by atoms with E-state index in [9.17, 15) is 8.42 Å². The molecule has 5 nitrogen and oxygen atoms in total. The molecule has 6 heteroatoms. The van der Waals surface area contributed by atoms with Gasteiger partial charge in [-0.15, -0.1) is 0 Å². The van der Waals surface area contributed by atoms with Crippen LogP contribution in [0.15, 0.2) is 19.0 Å². The first-order valence-corrected chi connectivity index (χ1v) is 6.17. The minimum Gasteiger partial charge on any atom is -0.286 e. The maximum Gasteiger partial charge on any atom is 0.280 e. The minimum absolute atomic E-state index is 0.217. The number of hydrogen-bond donors (Lipinski definition) is 1. The van der Waals surface area contributed by atoms with Crippen LogP contribution < -0.4 is 4.57 Å². The lowest BCUT2D eigenvalue weighted by Crippen LogP contribution is -2.29. The van der Waals surface area contributed by atoms with Crippen molar-refractivity contribution in [2.45, 2.75) is 13.0 Å². The smallest absolute Gasteiger partial charge is 0.280 e. The zero-order valence-corrected chi connectivity index (χ0v) is 9.44. The van der Waals surface area contributed by atoms with Gasteiger partial charge in [0.15, 0.2) is 0 Å². The Kier molecular flexibility index (Phi) is 3.65. The number of imidazole rings is 1. The summed E-state index contributed by atoms with van der Waals surface area (Å²) < 4.78 is 33.3. The van der Waals surface area contributed by atoms with E-state index < -0.39 is 10.1 Å². The molecule has 0 aliphatic rings. The number of hydrogen-bond acceptors (Lipinski definition) is 2. The number of aryl methyl sites for hydroxylation is 2. The molecule has 0 bridgehead atoms. The maximum absolute atomic E-state index is 10.5. The van der Waals surface area contributed by atoms with E-state index >= 15 is 0 Å². The molecule has 1 N–H and O–H groups in total. The SMILES string of the molecule is C=Cc1n(CCCS(=O)(=O)O)cc[n+]1C. The van der Waals surface area contributed by atoms with Crippen molar-refractivity contribution < 1.29 is 17.5 Å². The molecule has 0 spiro atoms. The fourth-order valence-electron chi connectivity index (χ4n) is 1.40. The molecule has 1 aromatic rings. The van der Waals surface area contributed by atoms with Gasteiger partial charge in [0.2, 0.25) is 0 Å². The fourth-order valence-corrected chi connectivity index (χ4v) is 1.90. The van der Waals surface area contributed by atoms with Gasteiger partial charge in [-0.25, -0.2) is 9.13 Å². The molecule has 15 heavy (non-hydrogen) atoms. The molecule has 0 amide bonds. The van der Waals surface area contributed by atoms with Crippen LogP contribution in [0.2, 0.25) is 0 Å². The van der Waals surface area contributed by atoms with Crippen molar-refractivity contribution in [2.24, 2.45) is 7.05 Å². The first kappa shape index (κ1) is 11.9. The molecule has 0 atom stereocenters. The summed E-state index contributed by atoms with van der Waals surface area (Å²) in [7, 11) is -1.97. The van der Waals surface area contributed by atoms with Crippen LogP contribution in [0.5, 0.6) is 0 Å². The Morgan fingerprint density at radius 3 is 2.87 bits per heavy atom. The first-order chi connectivity index (χ1) is 6.94. The van der Waals surface area contributed by atoms with Crippen molar-refractivity contribution in [2.75, 3.05) is 5.75 Å². The molecule has 0 unspecified atom stereocenters. The van der Waals surface area contributed by atoms with Gasteiger partial charge in [0.1, 0.15) is 12.4 Å². The van der Waals surface area contributed by atoms with E-state index in [1.165, 1.54) is 0 Å². The largest absolute Gasteiger partial charge is 0.286 e. The molecule has 84 valence electrons. The quantitative estimate of drug-likeness (QED) is 0.583. The van der Waals surface area contributed by atoms with Gasteiger partial charge in [-0.2, -0.15) is 8.42 Å². The molecule has 0 aliphatic carbocycles. The molecular formula is C9H15N2O3S+. The molecule has 0 aromatic carbocycles. The van der Waals surface area contributed by atoms with Crippen LogP contribution in [0.3, 0.4) is 0 Å². The Bertz CT molecular complexity index is 448. The standard InChI is InChI=1S/C9H14N2O3S/c1-3-9-10(2)6-7-11(9)5-4-8-15(12,13)14/h3,6-7H,1,4-5,8H2,2H3/p+1. The average Bonchev–Trinajstić information content (AvgIpc) is 2.44. The molecule has 0 saturated carbocycles. The summed E-state index contributed by atoms with van der Waals surface area (Å²) in [5.41, 5.74) is 0. The van der Waals surface area contributed by atoms with E-state index in [0.717, 1.165) is 5.82 Å². The second-order valence-corrected chi connectivity index (χ2v) is 4.88. The number of aromatic nitrogens is 2. The lowest BCUT2D eigenvalue weighted by Gasteiger charge is -1.98. The van der Waals surface area contributed by atoms with Gasteiger partial charge in [-0.3, -0.25) is 4.55 Å². The molecular weight excluding hydrogens is 216 g/mol. The fraction of sp³-hybridized carbons (Fsp3) is 0.444. The van der Waals surface area contributed by atoms with E-state index in [4.69, 9.17) is 4.55 Å². The van der Waals surface area contributed by atoms with Crippen molar-refractivity contribution >= 4 is 16.2 Å². The summed E-state index contributed by atoms with van der Waals surface area (Å²) in [6.45, 7) is 4.22. The third-order valence-electron chi connectivity index (χ3n) is 2.11. The maximum atomic E-state index is 10.5. The minimum atomic E-state index is -3.85. The molecule has 0 saturated heterocycles. The van der Waals surface area contributed by atoms with E-state index in [0.29, 0.717) is 13.0 Å². The lowest BCUT2D eigenvalue weighted by atomic mass is 10.4. The number of rotatable bonds is 5. The van der Waals surface area contributed by atoms with Crippen LogP contribution in [0.4, 0.5) is 0 Å². The molecule has 0 fully saturated rings. The van der Waals surface area contributed by atoms with Gasteiger partial charge in [0, 0.05) is 12.5 Å². The highest BCUT2D eigenvalue weighted by Crippen LogP contribution is 2.00. The molecule has 0 aliphatic heterocycles. The second kappa shape index (κ2) is 4.59. The predicted molar refractivity (Wildman–Crippen MR) is 56.7 cm³/mol. The summed E-state index contributed by atoms with van der Waals surface area (Å²) in [5.74, 6) is 0.691. The Morgan fingerprint density at radius 1 is 1.67 bits per heavy atom. The van der Waals surface area contributed by atoms with E-state index in [2.05, 4.69) is 6.58 Å². The third-order valence-corrected chi connectivity index (χ3v) is 2.91. The van der Waals surface area contributed by atoms with E-state index in [-0.39, 0.29) is 5.75 Å². The Morgan fingerprint density at radius 2 is 2.33 bits per heavy atom. The van der Waals surface area contributed by atoms with Crippen molar-refractivity contribution in [3.8, 4) is 0 Å². The highest BCUT2D eigenvalue weighted by atomic mass is 32.2. The molecule has 1 heterocycles. The summed E-state index contributed by atoms with van der Waals surface area (Å²) in [6, 6.07) is 0. The van der Waals surface area contributed by atoms with Gasteiger partial charge in [0.25, 0.3) is 15.9 Å². The predicted octanol–water partition coefficient (Wildman–Crippen LogP) is 0.233. The topological polar surface area (TPSA) is 63.2 Å². The van der Waals surface area contributed by atoms with Crippen LogP contribution in [0.25, 0.3) is 6.08 Å². The second-order valence-electron chi connectivity index (χ2n) is 3.30. The number of nitrogens with zero attached hydrogens (tertiary/aromatic N) is 2. The van der Waals surface area contributed by atoms with E-state index in [1.54, 1.807) is 6.08 Å². The van der Waals surface area contributed by atoms with Gasteiger partial charge >= 0.3 is 0 Å². The molecule has 1 aromatic heterocycles. The van der Waals surface area contributed by atoms with Crippen molar-refractivity contribution in [1.82, 2.24) is 4.57 Å². The van der Waals surface area contributed by atoms with Crippen molar-refractivity contribution in [3.63, 3.8) is 0 Å². The van der Waals surface area contributed by atoms with Gasteiger partial charge in [-0.1, -0.05) is 6.58 Å². The highest BCUT2D eigenvalue weighted by molar-refractivity contribution is 7.85. The van der Waals surface area contributed by atoms with Crippen LogP contribution >= 0.6 is 0 Å². The Balaban J connectivity index is 2.62.